The molecule has 0 radical (unpaired) electrons. The normalized spacial score (nSPS) is 16.9. The van der Waals surface area contributed by atoms with Crippen molar-refractivity contribution in [1.82, 2.24) is 15.1 Å². The molecule has 0 aromatic carbocycles. The van der Waals surface area contributed by atoms with Crippen LogP contribution in [0.25, 0.3) is 0 Å². The van der Waals surface area contributed by atoms with E-state index in [0.29, 0.717) is 5.69 Å². The number of aromatic nitrogens is 2. The van der Waals surface area contributed by atoms with Gasteiger partial charge in [-0.3, -0.25) is 9.89 Å². The lowest BCUT2D eigenvalue weighted by Crippen LogP contribution is -2.39. The molecule has 1 aliphatic heterocycles. The van der Waals surface area contributed by atoms with E-state index in [1.54, 1.807) is 0 Å². The molecule has 0 atom stereocenters. The van der Waals surface area contributed by atoms with Gasteiger partial charge in [0.1, 0.15) is 0 Å². The molecule has 0 aliphatic carbocycles. The van der Waals surface area contributed by atoms with Crippen LogP contribution in [0.4, 0.5) is 0 Å². The number of aryl methyl sites for hydroxylation is 1. The highest BCUT2D eigenvalue weighted by atomic mass is 32.2. The first kappa shape index (κ1) is 14.4. The van der Waals surface area contributed by atoms with E-state index >= 15 is 0 Å². The van der Waals surface area contributed by atoms with Crippen molar-refractivity contribution in [3.63, 3.8) is 0 Å². The van der Waals surface area contributed by atoms with Crippen molar-refractivity contribution in [2.24, 2.45) is 5.92 Å². The van der Waals surface area contributed by atoms with Gasteiger partial charge in [0.25, 0.3) is 5.91 Å². The number of likely N-dealkylation sites (tertiary alicyclic amines) is 1. The number of aromatic amines is 1. The molecule has 19 heavy (non-hydrogen) atoms. The second kappa shape index (κ2) is 6.46. The molecule has 1 aromatic rings. The lowest BCUT2D eigenvalue weighted by atomic mass is 9.98. The predicted octanol–water partition coefficient (Wildman–Crippen LogP) is 2.50. The molecule has 106 valence electrons. The third-order valence-corrected chi connectivity index (χ3v) is 4.78. The molecule has 0 saturated carbocycles. The molecule has 0 bridgehead atoms. The van der Waals surface area contributed by atoms with Crippen LogP contribution in [0.1, 0.15) is 41.5 Å². The predicted molar refractivity (Wildman–Crippen MR) is 79.7 cm³/mol. The molecule has 4 nitrogen and oxygen atoms in total. The number of carbonyl (C=O) groups excluding carboxylic acids is 1. The molecule has 2 rings (SSSR count). The maximum Gasteiger partial charge on any atom is 0.274 e. The fourth-order valence-electron chi connectivity index (χ4n) is 2.67. The summed E-state index contributed by atoms with van der Waals surface area (Å²) in [7, 11) is 0. The van der Waals surface area contributed by atoms with Crippen molar-refractivity contribution < 1.29 is 4.79 Å². The average molecular weight is 281 g/mol. The number of hydrogen-bond donors (Lipinski definition) is 1. The maximum absolute atomic E-state index is 12.5. The van der Waals surface area contributed by atoms with Crippen molar-refractivity contribution in [2.45, 2.75) is 33.1 Å². The van der Waals surface area contributed by atoms with Gasteiger partial charge >= 0.3 is 0 Å². The van der Waals surface area contributed by atoms with E-state index in [2.05, 4.69) is 23.4 Å². The highest BCUT2D eigenvalue weighted by Gasteiger charge is 2.26. The zero-order valence-electron chi connectivity index (χ0n) is 12.0. The van der Waals surface area contributed by atoms with Crippen molar-refractivity contribution >= 4 is 17.7 Å². The van der Waals surface area contributed by atoms with Crippen LogP contribution in [0, 0.1) is 12.8 Å². The Morgan fingerprint density at radius 2 is 2.16 bits per heavy atom. The molecular weight excluding hydrogens is 258 g/mol. The molecule has 1 amide bonds. The number of nitrogens with zero attached hydrogens (tertiary/aromatic N) is 2. The molecule has 0 spiro atoms. The van der Waals surface area contributed by atoms with E-state index in [0.717, 1.165) is 49.5 Å². The van der Waals surface area contributed by atoms with Crippen LogP contribution in [0.2, 0.25) is 0 Å². The molecule has 1 aromatic heterocycles. The zero-order valence-corrected chi connectivity index (χ0v) is 12.8. The number of amides is 1. The topological polar surface area (TPSA) is 49.0 Å². The van der Waals surface area contributed by atoms with Crippen LogP contribution in [0.5, 0.6) is 0 Å². The molecule has 0 unspecified atom stereocenters. The van der Waals surface area contributed by atoms with E-state index < -0.39 is 0 Å². The Morgan fingerprint density at radius 3 is 2.68 bits per heavy atom. The Hall–Kier alpha value is -0.970. The van der Waals surface area contributed by atoms with Crippen LogP contribution < -0.4 is 0 Å². The van der Waals surface area contributed by atoms with E-state index in [1.165, 1.54) is 5.75 Å². The number of H-pyrrole nitrogens is 1. The summed E-state index contributed by atoms with van der Waals surface area (Å²) in [5.41, 5.74) is 2.69. The van der Waals surface area contributed by atoms with E-state index in [-0.39, 0.29) is 5.91 Å². The lowest BCUT2D eigenvalue weighted by molar-refractivity contribution is 0.0692. The van der Waals surface area contributed by atoms with Gasteiger partial charge in [0.15, 0.2) is 5.69 Å². The number of nitrogens with one attached hydrogen (secondary N) is 1. The third-order valence-electron chi connectivity index (χ3n) is 3.97. The fourth-order valence-corrected chi connectivity index (χ4v) is 3.48. The van der Waals surface area contributed by atoms with Gasteiger partial charge in [-0.25, -0.2) is 0 Å². The minimum Gasteiger partial charge on any atom is -0.337 e. The SMILES string of the molecule is CCc1[nH]nc(C(=O)N2CCC(CSC)CC2)c1C. The Balaban J connectivity index is 1.99. The first-order chi connectivity index (χ1) is 9.17. The molecule has 1 saturated heterocycles. The number of rotatable bonds is 4. The summed E-state index contributed by atoms with van der Waals surface area (Å²) in [4.78, 5) is 14.4. The molecule has 1 N–H and O–H groups in total. The highest BCUT2D eigenvalue weighted by Crippen LogP contribution is 2.22. The van der Waals surface area contributed by atoms with Gasteiger partial charge in [0.05, 0.1) is 0 Å². The first-order valence-corrected chi connectivity index (χ1v) is 8.38. The summed E-state index contributed by atoms with van der Waals surface area (Å²) in [6.45, 7) is 5.80. The van der Waals surface area contributed by atoms with Gasteiger partial charge in [0.2, 0.25) is 0 Å². The summed E-state index contributed by atoms with van der Waals surface area (Å²) in [6.07, 6.45) is 5.28. The van der Waals surface area contributed by atoms with Crippen LogP contribution in [-0.2, 0) is 6.42 Å². The van der Waals surface area contributed by atoms with Crippen LogP contribution in [0.3, 0.4) is 0 Å². The Morgan fingerprint density at radius 1 is 1.47 bits per heavy atom. The highest BCUT2D eigenvalue weighted by molar-refractivity contribution is 7.98. The van der Waals surface area contributed by atoms with Crippen molar-refractivity contribution in [3.8, 4) is 0 Å². The molecule has 1 fully saturated rings. The lowest BCUT2D eigenvalue weighted by Gasteiger charge is -2.31. The van der Waals surface area contributed by atoms with Crippen LogP contribution in [0.15, 0.2) is 0 Å². The summed E-state index contributed by atoms with van der Waals surface area (Å²) in [6, 6.07) is 0. The zero-order chi connectivity index (χ0) is 13.8. The first-order valence-electron chi connectivity index (χ1n) is 6.99. The minimum absolute atomic E-state index is 0.0936. The summed E-state index contributed by atoms with van der Waals surface area (Å²) in [5, 5.41) is 7.17. The Kier molecular flexibility index (Phi) is 4.91. The van der Waals surface area contributed by atoms with E-state index in [4.69, 9.17) is 0 Å². The molecule has 1 aliphatic rings. The monoisotopic (exact) mass is 281 g/mol. The number of carbonyl (C=O) groups is 1. The number of thioether (sulfide) groups is 1. The average Bonchev–Trinajstić information content (AvgIpc) is 2.80. The van der Waals surface area contributed by atoms with E-state index in [1.807, 2.05) is 23.6 Å². The van der Waals surface area contributed by atoms with Crippen LogP contribution in [-0.4, -0.2) is 46.1 Å². The fraction of sp³-hybridized carbons (Fsp3) is 0.714. The van der Waals surface area contributed by atoms with Gasteiger partial charge in [-0.15, -0.1) is 0 Å². The largest absolute Gasteiger partial charge is 0.337 e. The standard InChI is InChI=1S/C14H23N3OS/c1-4-12-10(2)13(16-15-12)14(18)17-7-5-11(6-8-17)9-19-3/h11H,4-9H2,1-3H3,(H,15,16). The number of hydrogen-bond acceptors (Lipinski definition) is 3. The molecule has 2 heterocycles. The second-order valence-corrected chi connectivity index (χ2v) is 6.13. The van der Waals surface area contributed by atoms with Gasteiger partial charge in [-0.2, -0.15) is 16.9 Å². The smallest absolute Gasteiger partial charge is 0.274 e. The molecular formula is C14H23N3OS. The van der Waals surface area contributed by atoms with Crippen molar-refractivity contribution in [3.05, 3.63) is 17.0 Å². The van der Waals surface area contributed by atoms with E-state index in [9.17, 15) is 4.79 Å². The third kappa shape index (κ3) is 3.14. The molecule has 5 heteroatoms. The summed E-state index contributed by atoms with van der Waals surface area (Å²) >= 11 is 1.90. The summed E-state index contributed by atoms with van der Waals surface area (Å²) in [5.74, 6) is 2.07. The second-order valence-electron chi connectivity index (χ2n) is 5.22. The number of piperidine rings is 1. The Labute approximate surface area is 119 Å². The van der Waals surface area contributed by atoms with Gasteiger partial charge in [-0.05, 0) is 44.1 Å². The van der Waals surface area contributed by atoms with Gasteiger partial charge in [0, 0.05) is 24.3 Å². The minimum atomic E-state index is 0.0936. The van der Waals surface area contributed by atoms with Crippen molar-refractivity contribution in [2.75, 3.05) is 25.1 Å². The van der Waals surface area contributed by atoms with Crippen molar-refractivity contribution in [1.29, 1.82) is 0 Å². The quantitative estimate of drug-likeness (QED) is 0.922. The summed E-state index contributed by atoms with van der Waals surface area (Å²) < 4.78 is 0. The van der Waals surface area contributed by atoms with Crippen LogP contribution >= 0.6 is 11.8 Å². The maximum atomic E-state index is 12.5. The Bertz CT molecular complexity index is 436. The van der Waals surface area contributed by atoms with Gasteiger partial charge in [-0.1, -0.05) is 6.92 Å². The van der Waals surface area contributed by atoms with Gasteiger partial charge < -0.3 is 4.90 Å².